The van der Waals surface area contributed by atoms with Gasteiger partial charge in [0.05, 0.1) is 5.56 Å². The van der Waals surface area contributed by atoms with Crippen LogP contribution in [0.1, 0.15) is 15.9 Å². The summed E-state index contributed by atoms with van der Waals surface area (Å²) in [6.45, 7) is 2.61. The Hall–Kier alpha value is -3.42. The Morgan fingerprint density at radius 2 is 1.66 bits per heavy atom. The van der Waals surface area contributed by atoms with Crippen molar-refractivity contribution in [3.8, 4) is 0 Å². The van der Waals surface area contributed by atoms with E-state index in [0.29, 0.717) is 37.4 Å². The van der Waals surface area contributed by atoms with Crippen molar-refractivity contribution in [2.45, 2.75) is 6.92 Å². The monoisotopic (exact) mass is 399 g/mol. The average Bonchev–Trinajstić information content (AvgIpc) is 2.74. The highest BCUT2D eigenvalue weighted by atomic mass is 19.1. The summed E-state index contributed by atoms with van der Waals surface area (Å²) >= 11 is 0. The number of hydrogen-bond acceptors (Lipinski definition) is 4. The Labute approximate surface area is 168 Å². The molecule has 3 rings (SSSR count). The predicted molar refractivity (Wildman–Crippen MR) is 105 cm³/mol. The summed E-state index contributed by atoms with van der Waals surface area (Å²) in [7, 11) is 0. The van der Waals surface area contributed by atoms with Gasteiger partial charge in [0.25, 0.3) is 5.91 Å². The molecule has 8 heteroatoms. The van der Waals surface area contributed by atoms with E-state index in [-0.39, 0.29) is 17.5 Å². The van der Waals surface area contributed by atoms with Crippen molar-refractivity contribution in [3.05, 3.63) is 65.5 Å². The number of halogens is 1. The van der Waals surface area contributed by atoms with Crippen molar-refractivity contribution in [1.82, 2.24) is 9.80 Å². The first-order valence-corrected chi connectivity index (χ1v) is 9.26. The van der Waals surface area contributed by atoms with Crippen LogP contribution >= 0.6 is 0 Å². The number of anilines is 1. The van der Waals surface area contributed by atoms with Crippen LogP contribution in [-0.2, 0) is 9.53 Å². The first-order valence-electron chi connectivity index (χ1n) is 9.26. The molecule has 1 aliphatic heterocycles. The summed E-state index contributed by atoms with van der Waals surface area (Å²) < 4.78 is 18.6. The lowest BCUT2D eigenvalue weighted by Crippen LogP contribution is -2.52. The van der Waals surface area contributed by atoms with Gasteiger partial charge in [-0.3, -0.25) is 4.79 Å². The van der Waals surface area contributed by atoms with E-state index in [9.17, 15) is 18.8 Å². The van der Waals surface area contributed by atoms with Gasteiger partial charge in [0, 0.05) is 31.9 Å². The van der Waals surface area contributed by atoms with Gasteiger partial charge in [-0.05, 0) is 36.8 Å². The highest BCUT2D eigenvalue weighted by molar-refractivity contribution is 5.91. The fraction of sp³-hybridized carbons (Fsp3) is 0.286. The van der Waals surface area contributed by atoms with Crippen LogP contribution in [0.2, 0.25) is 0 Å². The summed E-state index contributed by atoms with van der Waals surface area (Å²) in [6, 6.07) is 12.9. The van der Waals surface area contributed by atoms with E-state index < -0.39 is 18.4 Å². The van der Waals surface area contributed by atoms with Gasteiger partial charge < -0.3 is 19.9 Å². The number of carbonyl (C=O) groups excluding carboxylic acids is 3. The molecule has 3 amide bonds. The van der Waals surface area contributed by atoms with Crippen LogP contribution in [-0.4, -0.2) is 60.5 Å². The lowest BCUT2D eigenvalue weighted by Gasteiger charge is -2.34. The Bertz CT molecular complexity index is 896. The number of rotatable bonds is 4. The molecule has 1 aliphatic rings. The Balaban J connectivity index is 1.44. The number of carbonyl (C=O) groups is 3. The summed E-state index contributed by atoms with van der Waals surface area (Å²) in [5, 5.41) is 2.81. The van der Waals surface area contributed by atoms with E-state index >= 15 is 0 Å². The Morgan fingerprint density at radius 1 is 1.00 bits per heavy atom. The third-order valence-corrected chi connectivity index (χ3v) is 4.68. The zero-order valence-electron chi connectivity index (χ0n) is 16.1. The second-order valence-electron chi connectivity index (χ2n) is 6.70. The van der Waals surface area contributed by atoms with Gasteiger partial charge >= 0.3 is 12.0 Å². The Morgan fingerprint density at radius 3 is 2.31 bits per heavy atom. The minimum atomic E-state index is -0.752. The molecule has 0 spiro atoms. The molecule has 0 saturated carbocycles. The molecule has 1 fully saturated rings. The number of amides is 3. The summed E-state index contributed by atoms with van der Waals surface area (Å²) in [5.41, 5.74) is 1.19. The molecule has 152 valence electrons. The van der Waals surface area contributed by atoms with Gasteiger partial charge in [0.2, 0.25) is 0 Å². The number of nitrogens with one attached hydrogen (secondary N) is 1. The molecule has 0 aromatic heterocycles. The number of nitrogens with zero attached hydrogens (tertiary/aromatic N) is 2. The molecule has 0 unspecified atom stereocenters. The number of hydrogen-bond donors (Lipinski definition) is 1. The number of esters is 1. The maximum Gasteiger partial charge on any atom is 0.338 e. The number of piperazine rings is 1. The fourth-order valence-corrected chi connectivity index (χ4v) is 2.90. The van der Waals surface area contributed by atoms with Gasteiger partial charge in [-0.25, -0.2) is 14.0 Å². The molecule has 1 saturated heterocycles. The van der Waals surface area contributed by atoms with Crippen molar-refractivity contribution in [2.75, 3.05) is 38.1 Å². The van der Waals surface area contributed by atoms with E-state index in [2.05, 4.69) is 5.32 Å². The van der Waals surface area contributed by atoms with Crippen LogP contribution in [0.25, 0.3) is 0 Å². The maximum atomic E-state index is 13.5. The smallest absolute Gasteiger partial charge is 0.338 e. The number of para-hydroxylation sites is 1. The number of urea groups is 1. The van der Waals surface area contributed by atoms with E-state index in [1.807, 2.05) is 18.2 Å². The molecule has 1 N–H and O–H groups in total. The van der Waals surface area contributed by atoms with E-state index in [0.717, 1.165) is 6.07 Å². The zero-order chi connectivity index (χ0) is 20.8. The van der Waals surface area contributed by atoms with Crippen molar-refractivity contribution < 1.29 is 23.5 Å². The molecule has 0 radical (unpaired) electrons. The van der Waals surface area contributed by atoms with E-state index in [1.165, 1.54) is 17.0 Å². The van der Waals surface area contributed by atoms with Crippen LogP contribution in [0.15, 0.2) is 48.5 Å². The van der Waals surface area contributed by atoms with Gasteiger partial charge in [0.1, 0.15) is 5.82 Å². The number of benzene rings is 2. The second kappa shape index (κ2) is 9.18. The van der Waals surface area contributed by atoms with Crippen LogP contribution in [0, 0.1) is 12.7 Å². The van der Waals surface area contributed by atoms with Crippen molar-refractivity contribution >= 4 is 23.6 Å². The summed E-state index contributed by atoms with van der Waals surface area (Å²) in [6.07, 6.45) is 0. The Kier molecular flexibility index (Phi) is 6.43. The lowest BCUT2D eigenvalue weighted by molar-refractivity contribution is -0.135. The SMILES string of the molecule is Cc1ccc(C(=O)OCC(=O)N2CCN(C(=O)Nc3ccccc3)CC2)cc1F. The second-order valence-corrected chi connectivity index (χ2v) is 6.70. The average molecular weight is 399 g/mol. The van der Waals surface area contributed by atoms with Gasteiger partial charge in [-0.2, -0.15) is 0 Å². The molecule has 7 nitrogen and oxygen atoms in total. The maximum absolute atomic E-state index is 13.5. The quantitative estimate of drug-likeness (QED) is 0.802. The number of aryl methyl sites for hydroxylation is 1. The first-order chi connectivity index (χ1) is 13.9. The minimum Gasteiger partial charge on any atom is -0.452 e. The van der Waals surface area contributed by atoms with Gasteiger partial charge in [-0.15, -0.1) is 0 Å². The van der Waals surface area contributed by atoms with Crippen molar-refractivity contribution in [3.63, 3.8) is 0 Å². The van der Waals surface area contributed by atoms with Crippen molar-refractivity contribution in [1.29, 1.82) is 0 Å². The largest absolute Gasteiger partial charge is 0.452 e. The van der Waals surface area contributed by atoms with Gasteiger partial charge in [-0.1, -0.05) is 24.3 Å². The lowest BCUT2D eigenvalue weighted by atomic mass is 10.1. The van der Waals surface area contributed by atoms with E-state index in [1.54, 1.807) is 24.0 Å². The van der Waals surface area contributed by atoms with Crippen LogP contribution in [0.4, 0.5) is 14.9 Å². The number of ether oxygens (including phenoxy) is 1. The zero-order valence-corrected chi connectivity index (χ0v) is 16.1. The molecule has 2 aromatic rings. The highest BCUT2D eigenvalue weighted by Crippen LogP contribution is 2.11. The summed E-state index contributed by atoms with van der Waals surface area (Å²) in [5.74, 6) is -1.61. The molecule has 1 heterocycles. The molecule has 0 atom stereocenters. The topological polar surface area (TPSA) is 79.0 Å². The fourth-order valence-electron chi connectivity index (χ4n) is 2.90. The normalized spacial score (nSPS) is 13.7. The highest BCUT2D eigenvalue weighted by Gasteiger charge is 2.25. The molecule has 29 heavy (non-hydrogen) atoms. The molecular formula is C21H22FN3O4. The third-order valence-electron chi connectivity index (χ3n) is 4.68. The van der Waals surface area contributed by atoms with Gasteiger partial charge in [0.15, 0.2) is 6.61 Å². The van der Waals surface area contributed by atoms with Crippen LogP contribution in [0.3, 0.4) is 0 Å². The van der Waals surface area contributed by atoms with Crippen LogP contribution < -0.4 is 5.32 Å². The first kappa shape index (κ1) is 20.3. The predicted octanol–water partition coefficient (Wildman–Crippen LogP) is 2.67. The van der Waals surface area contributed by atoms with E-state index in [4.69, 9.17) is 4.74 Å². The molecular weight excluding hydrogens is 377 g/mol. The molecule has 0 bridgehead atoms. The van der Waals surface area contributed by atoms with Crippen LogP contribution in [0.5, 0.6) is 0 Å². The standard InChI is InChI=1S/C21H22FN3O4/c1-15-7-8-16(13-18(15)22)20(27)29-14-19(26)24-9-11-25(12-10-24)21(28)23-17-5-3-2-4-6-17/h2-8,13H,9-12,14H2,1H3,(H,23,28). The molecule has 0 aliphatic carbocycles. The minimum absolute atomic E-state index is 0.0586. The third kappa shape index (κ3) is 5.31. The summed E-state index contributed by atoms with van der Waals surface area (Å²) in [4.78, 5) is 39.7. The molecule has 2 aromatic carbocycles. The van der Waals surface area contributed by atoms with Crippen molar-refractivity contribution in [2.24, 2.45) is 0 Å².